The predicted octanol–water partition coefficient (Wildman–Crippen LogP) is 3.16. The molecule has 0 bridgehead atoms. The van der Waals surface area contributed by atoms with Crippen molar-refractivity contribution < 1.29 is 18.3 Å². The van der Waals surface area contributed by atoms with Crippen LogP contribution in [0.25, 0.3) is 0 Å². The molecule has 0 aliphatic rings. The maximum Gasteiger partial charge on any atom is 0.310 e. The Kier molecular flexibility index (Phi) is 5.43. The van der Waals surface area contributed by atoms with Gasteiger partial charge in [0.15, 0.2) is 0 Å². The Hall–Kier alpha value is -1.96. The van der Waals surface area contributed by atoms with E-state index in [1.54, 1.807) is 13.8 Å². The molecular formula is C14H15F2NO2. The van der Waals surface area contributed by atoms with Crippen LogP contribution >= 0.6 is 0 Å². The maximum atomic E-state index is 12.9. The highest BCUT2D eigenvalue weighted by Gasteiger charge is 2.20. The lowest BCUT2D eigenvalue weighted by Gasteiger charge is -2.14. The highest BCUT2D eigenvalue weighted by Crippen LogP contribution is 2.28. The molecule has 0 aromatic heterocycles. The van der Waals surface area contributed by atoms with Crippen molar-refractivity contribution in [3.05, 3.63) is 34.4 Å². The molecule has 0 aliphatic carbocycles. The molecule has 0 fully saturated rings. The third-order valence-electron chi connectivity index (χ3n) is 2.80. The second-order valence-corrected chi connectivity index (χ2v) is 3.91. The van der Waals surface area contributed by atoms with E-state index in [1.807, 2.05) is 6.07 Å². The molecule has 5 heteroatoms. The van der Waals surface area contributed by atoms with Gasteiger partial charge in [0.1, 0.15) is 0 Å². The Morgan fingerprint density at radius 2 is 2.05 bits per heavy atom. The molecule has 0 atom stereocenters. The fourth-order valence-electron chi connectivity index (χ4n) is 2.00. The zero-order chi connectivity index (χ0) is 14.4. The Bertz CT molecular complexity index is 507. The van der Waals surface area contributed by atoms with E-state index in [1.165, 1.54) is 12.1 Å². The largest absolute Gasteiger partial charge is 0.466 e. The summed E-state index contributed by atoms with van der Waals surface area (Å²) in [7, 11) is 0. The summed E-state index contributed by atoms with van der Waals surface area (Å²) in [5, 5.41) is 9.02. The Morgan fingerprint density at radius 1 is 1.37 bits per heavy atom. The predicted molar refractivity (Wildman–Crippen MR) is 65.8 cm³/mol. The first-order valence-corrected chi connectivity index (χ1v) is 6.03. The van der Waals surface area contributed by atoms with Crippen LogP contribution in [-0.4, -0.2) is 12.6 Å². The van der Waals surface area contributed by atoms with Gasteiger partial charge in [0, 0.05) is 5.56 Å². The van der Waals surface area contributed by atoms with Crippen LogP contribution in [0.2, 0.25) is 0 Å². The Morgan fingerprint density at radius 3 is 2.53 bits per heavy atom. The molecule has 0 amide bonds. The Balaban J connectivity index is 3.28. The normalized spacial score (nSPS) is 10.3. The molecule has 0 aliphatic heterocycles. The topological polar surface area (TPSA) is 50.1 Å². The molecule has 1 rings (SSSR count). The first-order valence-electron chi connectivity index (χ1n) is 6.03. The fourth-order valence-corrected chi connectivity index (χ4v) is 2.00. The maximum absolute atomic E-state index is 12.9. The summed E-state index contributed by atoms with van der Waals surface area (Å²) in [6, 6.07) is 4.51. The van der Waals surface area contributed by atoms with Gasteiger partial charge in [0.25, 0.3) is 6.43 Å². The molecule has 3 nitrogen and oxygen atoms in total. The standard InChI is InChI=1S/C14H15F2NO2/c1-3-10-11(14(15)16)6-5-9(8-17)12(10)7-13(18)19-4-2/h5-6,14H,3-4,7H2,1-2H3. The van der Waals surface area contributed by atoms with Crippen molar-refractivity contribution in [3.63, 3.8) is 0 Å². The van der Waals surface area contributed by atoms with E-state index in [9.17, 15) is 13.6 Å². The number of nitriles is 1. The van der Waals surface area contributed by atoms with Crippen LogP contribution < -0.4 is 0 Å². The number of esters is 1. The number of carbonyl (C=O) groups excluding carboxylic acids is 1. The molecule has 1 aromatic rings. The lowest BCUT2D eigenvalue weighted by Crippen LogP contribution is -2.12. The van der Waals surface area contributed by atoms with Gasteiger partial charge in [-0.15, -0.1) is 0 Å². The number of alkyl halides is 2. The van der Waals surface area contributed by atoms with Gasteiger partial charge in [-0.05, 0) is 30.5 Å². The molecular weight excluding hydrogens is 252 g/mol. The van der Waals surface area contributed by atoms with Crippen molar-refractivity contribution in [2.24, 2.45) is 0 Å². The van der Waals surface area contributed by atoms with E-state index < -0.39 is 12.4 Å². The first kappa shape index (κ1) is 15.1. The minimum Gasteiger partial charge on any atom is -0.466 e. The summed E-state index contributed by atoms with van der Waals surface area (Å²) in [6.07, 6.45) is -2.44. The van der Waals surface area contributed by atoms with Crippen molar-refractivity contribution in [2.45, 2.75) is 33.1 Å². The van der Waals surface area contributed by atoms with Crippen LogP contribution in [-0.2, 0) is 22.4 Å². The van der Waals surface area contributed by atoms with Crippen molar-refractivity contribution in [2.75, 3.05) is 6.61 Å². The Labute approximate surface area is 110 Å². The van der Waals surface area contributed by atoms with Crippen LogP contribution in [0.1, 0.15) is 42.5 Å². The molecule has 19 heavy (non-hydrogen) atoms. The monoisotopic (exact) mass is 267 g/mol. The van der Waals surface area contributed by atoms with Gasteiger partial charge >= 0.3 is 5.97 Å². The van der Waals surface area contributed by atoms with Gasteiger partial charge in [-0.3, -0.25) is 4.79 Å². The first-order chi connectivity index (χ1) is 9.04. The lowest BCUT2D eigenvalue weighted by molar-refractivity contribution is -0.142. The van der Waals surface area contributed by atoms with Crippen molar-refractivity contribution in [3.8, 4) is 6.07 Å². The van der Waals surface area contributed by atoms with E-state index in [2.05, 4.69) is 0 Å². The molecule has 1 aromatic carbocycles. The lowest BCUT2D eigenvalue weighted by atomic mass is 9.92. The van der Waals surface area contributed by atoms with E-state index in [0.717, 1.165) is 0 Å². The average Bonchev–Trinajstić information content (AvgIpc) is 2.38. The second kappa shape index (κ2) is 6.83. The van der Waals surface area contributed by atoms with Gasteiger partial charge in [-0.25, -0.2) is 8.78 Å². The summed E-state index contributed by atoms with van der Waals surface area (Å²) in [5.74, 6) is -0.514. The van der Waals surface area contributed by atoms with Crippen LogP contribution in [0.4, 0.5) is 8.78 Å². The molecule has 0 spiro atoms. The minimum absolute atomic E-state index is 0.124. The summed E-state index contributed by atoms with van der Waals surface area (Å²) in [6.45, 7) is 3.60. The fraction of sp³-hybridized carbons (Fsp3) is 0.429. The number of nitrogens with zero attached hydrogens (tertiary/aromatic N) is 1. The van der Waals surface area contributed by atoms with Gasteiger partial charge in [-0.1, -0.05) is 13.0 Å². The summed E-state index contributed by atoms with van der Waals surface area (Å²) >= 11 is 0. The third-order valence-corrected chi connectivity index (χ3v) is 2.80. The van der Waals surface area contributed by atoms with E-state index in [0.29, 0.717) is 17.5 Å². The molecule has 0 N–H and O–H groups in total. The second-order valence-electron chi connectivity index (χ2n) is 3.91. The van der Waals surface area contributed by atoms with Gasteiger partial charge in [0.05, 0.1) is 24.7 Å². The molecule has 0 unspecified atom stereocenters. The van der Waals surface area contributed by atoms with Crippen LogP contribution in [0.5, 0.6) is 0 Å². The highest BCUT2D eigenvalue weighted by atomic mass is 19.3. The SMILES string of the molecule is CCOC(=O)Cc1c(C#N)ccc(C(F)F)c1CC. The molecule has 0 saturated carbocycles. The summed E-state index contributed by atoms with van der Waals surface area (Å²) < 4.78 is 30.6. The molecule has 0 saturated heterocycles. The molecule has 0 radical (unpaired) electrons. The van der Waals surface area contributed by atoms with Gasteiger partial charge in [0.2, 0.25) is 0 Å². The molecule has 102 valence electrons. The average molecular weight is 267 g/mol. The number of hydrogen-bond donors (Lipinski definition) is 0. The quantitative estimate of drug-likeness (QED) is 0.770. The number of hydrogen-bond acceptors (Lipinski definition) is 3. The third kappa shape index (κ3) is 3.50. The zero-order valence-electron chi connectivity index (χ0n) is 10.9. The highest BCUT2D eigenvalue weighted by molar-refractivity contribution is 5.74. The number of halogens is 2. The number of ether oxygens (including phenoxy) is 1. The van der Waals surface area contributed by atoms with Crippen molar-refractivity contribution >= 4 is 5.97 Å². The number of carbonyl (C=O) groups is 1. The summed E-state index contributed by atoms with van der Waals surface area (Å²) in [5.41, 5.74) is 0.832. The van der Waals surface area contributed by atoms with E-state index in [4.69, 9.17) is 10.00 Å². The summed E-state index contributed by atoms with van der Waals surface area (Å²) in [4.78, 5) is 11.5. The van der Waals surface area contributed by atoms with Crippen molar-refractivity contribution in [1.29, 1.82) is 5.26 Å². The van der Waals surface area contributed by atoms with Crippen LogP contribution in [0.15, 0.2) is 12.1 Å². The van der Waals surface area contributed by atoms with Crippen LogP contribution in [0.3, 0.4) is 0 Å². The van der Waals surface area contributed by atoms with E-state index >= 15 is 0 Å². The minimum atomic E-state index is -2.62. The van der Waals surface area contributed by atoms with Crippen molar-refractivity contribution in [1.82, 2.24) is 0 Å². The van der Waals surface area contributed by atoms with E-state index in [-0.39, 0.29) is 24.2 Å². The zero-order valence-corrected chi connectivity index (χ0v) is 10.9. The van der Waals surface area contributed by atoms with Gasteiger partial charge in [-0.2, -0.15) is 5.26 Å². The number of rotatable bonds is 5. The van der Waals surface area contributed by atoms with Crippen LogP contribution in [0, 0.1) is 11.3 Å². The van der Waals surface area contributed by atoms with Gasteiger partial charge < -0.3 is 4.74 Å². The smallest absolute Gasteiger partial charge is 0.310 e. The molecule has 0 heterocycles. The number of benzene rings is 1.